The number of piperazine rings is 1. The standard InChI is InChI=1S/C23H23FN6OS/c1-28-14-17-12-19(6-7-20(17)27-28)25-22(31)21-15-32-23(26-21)30-10-8-29(9-11-30)13-16-2-4-18(24)5-3-16/h2-7,12,14-15H,8-11,13H2,1H3,(H,25,31). The van der Waals surface area contributed by atoms with E-state index >= 15 is 0 Å². The van der Waals surface area contributed by atoms with E-state index in [4.69, 9.17) is 0 Å². The first kappa shape index (κ1) is 20.6. The van der Waals surface area contributed by atoms with Gasteiger partial charge in [-0.15, -0.1) is 11.3 Å². The van der Waals surface area contributed by atoms with Gasteiger partial charge in [0, 0.05) is 62.4 Å². The topological polar surface area (TPSA) is 66.3 Å². The molecule has 0 aliphatic carbocycles. The second kappa shape index (κ2) is 8.68. The smallest absolute Gasteiger partial charge is 0.275 e. The van der Waals surface area contributed by atoms with Gasteiger partial charge in [-0.25, -0.2) is 9.37 Å². The molecule has 0 unspecified atom stereocenters. The summed E-state index contributed by atoms with van der Waals surface area (Å²) in [7, 11) is 1.87. The van der Waals surface area contributed by atoms with Crippen LogP contribution < -0.4 is 10.2 Å². The van der Waals surface area contributed by atoms with Crippen molar-refractivity contribution in [1.29, 1.82) is 0 Å². The molecule has 2 aromatic carbocycles. The number of nitrogens with one attached hydrogen (secondary N) is 1. The van der Waals surface area contributed by atoms with Gasteiger partial charge in [-0.1, -0.05) is 12.1 Å². The van der Waals surface area contributed by atoms with E-state index in [2.05, 4.69) is 25.2 Å². The summed E-state index contributed by atoms with van der Waals surface area (Å²) in [6.45, 7) is 4.27. The molecule has 3 heterocycles. The molecule has 32 heavy (non-hydrogen) atoms. The van der Waals surface area contributed by atoms with Crippen molar-refractivity contribution >= 4 is 39.0 Å². The predicted molar refractivity (Wildman–Crippen MR) is 125 cm³/mol. The van der Waals surface area contributed by atoms with Crippen molar-refractivity contribution in [2.75, 3.05) is 36.4 Å². The van der Waals surface area contributed by atoms with Crippen molar-refractivity contribution < 1.29 is 9.18 Å². The molecule has 9 heteroatoms. The van der Waals surface area contributed by atoms with Gasteiger partial charge in [-0.3, -0.25) is 14.4 Å². The Balaban J connectivity index is 1.18. The summed E-state index contributed by atoms with van der Waals surface area (Å²) in [6, 6.07) is 12.3. The summed E-state index contributed by atoms with van der Waals surface area (Å²) in [6.07, 6.45) is 1.92. The van der Waals surface area contributed by atoms with Gasteiger partial charge in [-0.2, -0.15) is 5.10 Å². The molecule has 7 nitrogen and oxygen atoms in total. The lowest BCUT2D eigenvalue weighted by Gasteiger charge is -2.34. The normalized spacial score (nSPS) is 14.8. The quantitative estimate of drug-likeness (QED) is 0.502. The number of nitrogens with zero attached hydrogens (tertiary/aromatic N) is 5. The largest absolute Gasteiger partial charge is 0.346 e. The van der Waals surface area contributed by atoms with Crippen LogP contribution >= 0.6 is 11.3 Å². The molecule has 0 atom stereocenters. The Bertz CT molecular complexity index is 1240. The van der Waals surface area contributed by atoms with Gasteiger partial charge < -0.3 is 10.2 Å². The fourth-order valence-corrected chi connectivity index (χ4v) is 4.74. The molecule has 1 aliphatic heterocycles. The molecular weight excluding hydrogens is 427 g/mol. The summed E-state index contributed by atoms with van der Waals surface area (Å²) in [5, 5.41) is 10.9. The van der Waals surface area contributed by atoms with Crippen molar-refractivity contribution in [2.24, 2.45) is 7.05 Å². The van der Waals surface area contributed by atoms with Gasteiger partial charge >= 0.3 is 0 Å². The minimum atomic E-state index is -0.217. The highest BCUT2D eigenvalue weighted by atomic mass is 32.1. The fourth-order valence-electron chi connectivity index (χ4n) is 3.88. The maximum absolute atomic E-state index is 13.1. The average molecular weight is 451 g/mol. The number of aromatic nitrogens is 3. The lowest BCUT2D eigenvalue weighted by Crippen LogP contribution is -2.46. The Morgan fingerprint density at radius 1 is 1.12 bits per heavy atom. The summed E-state index contributed by atoms with van der Waals surface area (Å²) in [5.41, 5.74) is 3.14. The number of fused-ring (bicyclic) bond motifs is 1. The summed E-state index contributed by atoms with van der Waals surface area (Å²) >= 11 is 1.49. The van der Waals surface area contributed by atoms with Gasteiger partial charge in [0.1, 0.15) is 11.5 Å². The molecule has 1 amide bonds. The van der Waals surface area contributed by atoms with Gasteiger partial charge in [0.05, 0.1) is 5.52 Å². The van der Waals surface area contributed by atoms with Crippen LogP contribution in [0.1, 0.15) is 16.1 Å². The Hall–Kier alpha value is -3.30. The van der Waals surface area contributed by atoms with E-state index in [0.717, 1.165) is 60.0 Å². The van der Waals surface area contributed by atoms with E-state index in [1.54, 1.807) is 10.1 Å². The van der Waals surface area contributed by atoms with Crippen LogP contribution in [-0.2, 0) is 13.6 Å². The van der Waals surface area contributed by atoms with Crippen LogP contribution in [0.15, 0.2) is 54.0 Å². The van der Waals surface area contributed by atoms with E-state index in [0.29, 0.717) is 5.69 Å². The van der Waals surface area contributed by atoms with E-state index in [-0.39, 0.29) is 11.7 Å². The lowest BCUT2D eigenvalue weighted by atomic mass is 10.2. The van der Waals surface area contributed by atoms with Crippen LogP contribution in [0.2, 0.25) is 0 Å². The number of hydrogen-bond donors (Lipinski definition) is 1. The van der Waals surface area contributed by atoms with Crippen molar-refractivity contribution in [3.8, 4) is 0 Å². The highest BCUT2D eigenvalue weighted by Gasteiger charge is 2.21. The van der Waals surface area contributed by atoms with Gasteiger partial charge in [-0.05, 0) is 35.9 Å². The van der Waals surface area contributed by atoms with Crippen LogP contribution in [0.25, 0.3) is 10.9 Å². The second-order valence-corrected chi connectivity index (χ2v) is 8.77. The number of rotatable bonds is 5. The number of carbonyl (C=O) groups is 1. The molecule has 164 valence electrons. The van der Waals surface area contributed by atoms with Crippen LogP contribution in [0, 0.1) is 5.82 Å². The number of benzene rings is 2. The molecule has 1 aliphatic rings. The first-order valence-electron chi connectivity index (χ1n) is 10.5. The third-order valence-electron chi connectivity index (χ3n) is 5.56. The monoisotopic (exact) mass is 450 g/mol. The zero-order valence-electron chi connectivity index (χ0n) is 17.7. The van der Waals surface area contributed by atoms with Crippen LogP contribution in [0.5, 0.6) is 0 Å². The highest BCUT2D eigenvalue weighted by molar-refractivity contribution is 7.14. The Morgan fingerprint density at radius 2 is 1.91 bits per heavy atom. The van der Waals surface area contributed by atoms with E-state index in [1.165, 1.54) is 23.5 Å². The maximum atomic E-state index is 13.1. The van der Waals surface area contributed by atoms with E-state index < -0.39 is 0 Å². The number of amides is 1. The van der Waals surface area contributed by atoms with Gasteiger partial charge in [0.2, 0.25) is 0 Å². The first-order valence-corrected chi connectivity index (χ1v) is 11.3. The molecule has 4 aromatic rings. The molecular formula is C23H23FN6OS. The predicted octanol–water partition coefficient (Wildman–Crippen LogP) is 3.74. The minimum Gasteiger partial charge on any atom is -0.346 e. The third-order valence-corrected chi connectivity index (χ3v) is 6.47. The SMILES string of the molecule is Cn1cc2cc(NC(=O)c3csc(N4CCN(Cc5ccc(F)cc5)CC4)n3)ccc2n1. The number of thiazole rings is 1. The number of halogens is 1. The number of hydrogen-bond acceptors (Lipinski definition) is 6. The van der Waals surface area contributed by atoms with Crippen LogP contribution in [0.3, 0.4) is 0 Å². The van der Waals surface area contributed by atoms with Crippen molar-refractivity contribution in [1.82, 2.24) is 19.7 Å². The first-order chi connectivity index (χ1) is 15.5. The number of aryl methyl sites for hydroxylation is 1. The second-order valence-electron chi connectivity index (χ2n) is 7.94. The van der Waals surface area contributed by atoms with Crippen molar-refractivity contribution in [3.05, 3.63) is 71.1 Å². The third kappa shape index (κ3) is 4.49. The molecule has 0 bridgehead atoms. The molecule has 0 radical (unpaired) electrons. The van der Waals surface area contributed by atoms with Gasteiger partial charge in [0.15, 0.2) is 5.13 Å². The molecule has 1 saturated heterocycles. The fraction of sp³-hybridized carbons (Fsp3) is 0.261. The maximum Gasteiger partial charge on any atom is 0.275 e. The molecule has 0 spiro atoms. The minimum absolute atomic E-state index is 0.209. The molecule has 0 saturated carbocycles. The van der Waals surface area contributed by atoms with Crippen molar-refractivity contribution in [3.63, 3.8) is 0 Å². The Kier molecular flexibility index (Phi) is 5.59. The Morgan fingerprint density at radius 3 is 2.69 bits per heavy atom. The number of carbonyl (C=O) groups excluding carboxylic acids is 1. The van der Waals surface area contributed by atoms with E-state index in [1.807, 2.05) is 43.6 Å². The molecule has 5 rings (SSSR count). The van der Waals surface area contributed by atoms with Crippen LogP contribution in [0.4, 0.5) is 15.2 Å². The summed E-state index contributed by atoms with van der Waals surface area (Å²) < 4.78 is 14.8. The van der Waals surface area contributed by atoms with Crippen molar-refractivity contribution in [2.45, 2.75) is 6.54 Å². The summed E-state index contributed by atoms with van der Waals surface area (Å²) in [4.78, 5) is 21.8. The highest BCUT2D eigenvalue weighted by Crippen LogP contribution is 2.24. The molecule has 1 N–H and O–H groups in total. The number of anilines is 2. The van der Waals surface area contributed by atoms with Gasteiger partial charge in [0.25, 0.3) is 5.91 Å². The zero-order valence-corrected chi connectivity index (χ0v) is 18.5. The average Bonchev–Trinajstić information content (AvgIpc) is 3.42. The molecule has 1 fully saturated rings. The lowest BCUT2D eigenvalue weighted by molar-refractivity contribution is 0.102. The zero-order chi connectivity index (χ0) is 22.1. The van der Waals surface area contributed by atoms with E-state index in [9.17, 15) is 9.18 Å². The molecule has 2 aromatic heterocycles. The van der Waals surface area contributed by atoms with Crippen LogP contribution in [-0.4, -0.2) is 51.8 Å². The summed E-state index contributed by atoms with van der Waals surface area (Å²) in [5.74, 6) is -0.425. The Labute approximate surface area is 189 Å².